The van der Waals surface area contributed by atoms with Crippen molar-refractivity contribution in [3.05, 3.63) is 182 Å². The summed E-state index contributed by atoms with van der Waals surface area (Å²) in [6, 6.07) is 47.8. The minimum absolute atomic E-state index is 0.0990. The molecule has 2 aliphatic carbocycles. The van der Waals surface area contributed by atoms with Crippen molar-refractivity contribution in [1.29, 1.82) is 0 Å². The summed E-state index contributed by atoms with van der Waals surface area (Å²) in [6.45, 7) is 2.32. The van der Waals surface area contributed by atoms with Gasteiger partial charge in [0.05, 0.1) is 18.1 Å². The third-order valence-corrected chi connectivity index (χ3v) is 11.0. The number of nitrogens with zero attached hydrogens (tertiary/aromatic N) is 2. The molecule has 3 aliphatic rings. The Labute approximate surface area is 292 Å². The summed E-state index contributed by atoms with van der Waals surface area (Å²) in [5, 5.41) is 10.0. The summed E-state index contributed by atoms with van der Waals surface area (Å²) >= 11 is 0. The zero-order chi connectivity index (χ0) is 33.2. The predicted octanol–water partition coefficient (Wildman–Crippen LogP) is 11.7. The largest absolute Gasteiger partial charge is 0.340 e. The highest BCUT2D eigenvalue weighted by molar-refractivity contribution is 6.23. The standard InChI is InChI=1S/C48H36N2/c1-31-12-2-10-20-44(31)50-45-21-11-9-19-43(45)49-48(50)38-26-27-41-42(30-38)47(37-25-23-33-14-4-6-16-35(33)29-37)40-18-8-7-17-39(40)46(41)36-24-22-32-13-3-5-15-34(32)28-36/h2-31,43-45H,1H3. The molecule has 2 heteroatoms. The van der Waals surface area contributed by atoms with E-state index < -0.39 is 0 Å². The van der Waals surface area contributed by atoms with Crippen LogP contribution in [0.25, 0.3) is 65.3 Å². The Morgan fingerprint density at radius 1 is 0.440 bits per heavy atom. The summed E-state index contributed by atoms with van der Waals surface area (Å²) in [6.07, 6.45) is 17.9. The number of hydrogen-bond acceptors (Lipinski definition) is 2. The van der Waals surface area contributed by atoms with E-state index in [9.17, 15) is 0 Å². The highest BCUT2D eigenvalue weighted by atomic mass is 15.3. The maximum absolute atomic E-state index is 5.45. The number of allylic oxidation sites excluding steroid dienone is 4. The first-order chi connectivity index (χ1) is 24.7. The lowest BCUT2D eigenvalue weighted by Gasteiger charge is -2.38. The van der Waals surface area contributed by atoms with E-state index in [1.807, 2.05) is 0 Å². The van der Waals surface area contributed by atoms with Gasteiger partial charge in [0.25, 0.3) is 0 Å². The summed E-state index contributed by atoms with van der Waals surface area (Å²) in [5.41, 5.74) is 6.16. The van der Waals surface area contributed by atoms with E-state index in [0.29, 0.717) is 5.92 Å². The van der Waals surface area contributed by atoms with Gasteiger partial charge in [0.2, 0.25) is 0 Å². The molecule has 0 saturated heterocycles. The number of fused-ring (bicyclic) bond motifs is 5. The van der Waals surface area contributed by atoms with E-state index in [0.717, 1.165) is 11.4 Å². The third-order valence-electron chi connectivity index (χ3n) is 11.0. The topological polar surface area (TPSA) is 15.6 Å². The number of hydrogen-bond donors (Lipinski definition) is 0. The smallest absolute Gasteiger partial charge is 0.132 e. The molecule has 0 fully saturated rings. The second-order valence-electron chi connectivity index (χ2n) is 13.9. The van der Waals surface area contributed by atoms with Crippen LogP contribution in [0.4, 0.5) is 0 Å². The Bertz CT molecular complexity index is 2650. The van der Waals surface area contributed by atoms with Gasteiger partial charge in [-0.25, -0.2) is 0 Å². The van der Waals surface area contributed by atoms with Crippen molar-refractivity contribution in [3.63, 3.8) is 0 Å². The van der Waals surface area contributed by atoms with Gasteiger partial charge in [-0.1, -0.05) is 165 Å². The summed E-state index contributed by atoms with van der Waals surface area (Å²) in [7, 11) is 0. The van der Waals surface area contributed by atoms with Crippen molar-refractivity contribution in [3.8, 4) is 22.3 Å². The van der Waals surface area contributed by atoms with Crippen molar-refractivity contribution < 1.29 is 0 Å². The van der Waals surface area contributed by atoms with E-state index in [-0.39, 0.29) is 18.1 Å². The van der Waals surface area contributed by atoms with Gasteiger partial charge in [0, 0.05) is 5.56 Å². The Balaban J connectivity index is 1.27. The minimum Gasteiger partial charge on any atom is -0.340 e. The fourth-order valence-corrected chi connectivity index (χ4v) is 8.55. The lowest BCUT2D eigenvalue weighted by molar-refractivity contribution is 0.278. The van der Waals surface area contributed by atoms with Crippen LogP contribution in [0.5, 0.6) is 0 Å². The maximum Gasteiger partial charge on any atom is 0.132 e. The first kappa shape index (κ1) is 29.0. The van der Waals surface area contributed by atoms with Crippen LogP contribution >= 0.6 is 0 Å². The molecule has 0 N–H and O–H groups in total. The minimum atomic E-state index is 0.0990. The molecule has 2 nitrogen and oxygen atoms in total. The molecule has 0 bridgehead atoms. The average molecular weight is 641 g/mol. The first-order valence-electron chi connectivity index (χ1n) is 17.7. The molecule has 0 spiro atoms. The molecule has 0 radical (unpaired) electrons. The van der Waals surface area contributed by atoms with Gasteiger partial charge in [-0.15, -0.1) is 0 Å². The average Bonchev–Trinajstić information content (AvgIpc) is 3.56. The van der Waals surface area contributed by atoms with Gasteiger partial charge in [-0.3, -0.25) is 4.99 Å². The van der Waals surface area contributed by atoms with Crippen molar-refractivity contribution in [2.24, 2.45) is 10.9 Å². The number of benzene rings is 7. The lowest BCUT2D eigenvalue weighted by Crippen LogP contribution is -2.48. The Hall–Kier alpha value is -5.99. The highest BCUT2D eigenvalue weighted by Gasteiger charge is 2.39. The number of amidine groups is 1. The van der Waals surface area contributed by atoms with Crippen LogP contribution in [0.1, 0.15) is 12.5 Å². The van der Waals surface area contributed by atoms with Crippen molar-refractivity contribution >= 4 is 48.9 Å². The Kier molecular flexibility index (Phi) is 6.70. The zero-order valence-corrected chi connectivity index (χ0v) is 27.9. The first-order valence-corrected chi connectivity index (χ1v) is 17.7. The monoisotopic (exact) mass is 640 g/mol. The van der Waals surface area contributed by atoms with Gasteiger partial charge in [-0.05, 0) is 89.5 Å². The summed E-state index contributed by atoms with van der Waals surface area (Å²) in [5.74, 6) is 1.44. The summed E-state index contributed by atoms with van der Waals surface area (Å²) < 4.78 is 0. The van der Waals surface area contributed by atoms with Crippen molar-refractivity contribution in [2.45, 2.75) is 25.0 Å². The third kappa shape index (κ3) is 4.59. The zero-order valence-electron chi connectivity index (χ0n) is 27.9. The van der Waals surface area contributed by atoms with Crippen LogP contribution in [0.2, 0.25) is 0 Å². The molecular weight excluding hydrogens is 605 g/mol. The molecule has 0 saturated carbocycles. The van der Waals surface area contributed by atoms with Gasteiger partial charge < -0.3 is 4.90 Å². The van der Waals surface area contributed by atoms with Gasteiger partial charge >= 0.3 is 0 Å². The lowest BCUT2D eigenvalue weighted by atomic mass is 9.84. The molecule has 1 heterocycles. The van der Waals surface area contributed by atoms with Crippen LogP contribution < -0.4 is 0 Å². The summed E-state index contributed by atoms with van der Waals surface area (Å²) in [4.78, 5) is 8.01. The molecule has 4 unspecified atom stereocenters. The van der Waals surface area contributed by atoms with Gasteiger partial charge in [0.15, 0.2) is 0 Å². The van der Waals surface area contributed by atoms with Crippen LogP contribution in [-0.2, 0) is 0 Å². The second-order valence-corrected chi connectivity index (χ2v) is 13.9. The van der Waals surface area contributed by atoms with E-state index in [4.69, 9.17) is 4.99 Å². The van der Waals surface area contributed by atoms with E-state index in [1.165, 1.54) is 65.3 Å². The predicted molar refractivity (Wildman–Crippen MR) is 213 cm³/mol. The second kappa shape index (κ2) is 11.6. The quantitative estimate of drug-likeness (QED) is 0.175. The SMILES string of the molecule is CC1C=CC=CC1N1C(c2ccc3c(-c4ccc5ccccc5c4)c4ccccc4c(-c4ccc5ccccc5c4)c3c2)=NC2C=CC=CC21. The van der Waals surface area contributed by atoms with Gasteiger partial charge in [0.1, 0.15) is 5.84 Å². The van der Waals surface area contributed by atoms with Crippen LogP contribution in [0.15, 0.2) is 181 Å². The van der Waals surface area contributed by atoms with Crippen LogP contribution in [0, 0.1) is 5.92 Å². The van der Waals surface area contributed by atoms with Crippen LogP contribution in [-0.4, -0.2) is 28.9 Å². The molecule has 0 amide bonds. The van der Waals surface area contributed by atoms with E-state index in [2.05, 4.69) is 188 Å². The fraction of sp³-hybridized carbons (Fsp3) is 0.104. The normalized spacial score (nSPS) is 21.1. The highest BCUT2D eigenvalue weighted by Crippen LogP contribution is 2.45. The number of aliphatic imine (C=N–C) groups is 1. The molecule has 0 aromatic heterocycles. The van der Waals surface area contributed by atoms with E-state index >= 15 is 0 Å². The molecule has 4 atom stereocenters. The Morgan fingerprint density at radius 2 is 0.960 bits per heavy atom. The molecule has 50 heavy (non-hydrogen) atoms. The van der Waals surface area contributed by atoms with Crippen molar-refractivity contribution in [2.75, 3.05) is 0 Å². The van der Waals surface area contributed by atoms with Crippen molar-refractivity contribution in [1.82, 2.24) is 4.90 Å². The molecule has 238 valence electrons. The molecule has 10 rings (SSSR count). The molecule has 1 aliphatic heterocycles. The van der Waals surface area contributed by atoms with Gasteiger partial charge in [-0.2, -0.15) is 0 Å². The molecule has 7 aromatic rings. The number of rotatable bonds is 4. The Morgan fingerprint density at radius 3 is 1.62 bits per heavy atom. The molecule has 7 aromatic carbocycles. The van der Waals surface area contributed by atoms with E-state index in [1.54, 1.807) is 0 Å². The fourth-order valence-electron chi connectivity index (χ4n) is 8.55. The van der Waals surface area contributed by atoms with Crippen LogP contribution in [0.3, 0.4) is 0 Å². The maximum atomic E-state index is 5.45. The molecular formula is C48H36N2.